The van der Waals surface area contributed by atoms with Crippen molar-refractivity contribution in [3.05, 3.63) is 11.1 Å². The first-order valence-corrected chi connectivity index (χ1v) is 6.54. The van der Waals surface area contributed by atoms with Gasteiger partial charge in [0.2, 0.25) is 5.71 Å². The number of amides is 1. The molecule has 1 heterocycles. The molecule has 1 rings (SSSR count). The first kappa shape index (κ1) is 16.6. The Hall–Kier alpha value is -2.49. The summed E-state index contributed by atoms with van der Waals surface area (Å²) in [5.74, 6) is -2.72. The number of ether oxygens (including phenoxy) is 2. The highest BCUT2D eigenvalue weighted by Crippen LogP contribution is 2.16. The van der Waals surface area contributed by atoms with Gasteiger partial charge in [-0.3, -0.25) is 10.1 Å². The van der Waals surface area contributed by atoms with Crippen molar-refractivity contribution in [2.75, 3.05) is 26.1 Å². The lowest BCUT2D eigenvalue weighted by molar-refractivity contribution is -0.152. The average Bonchev–Trinajstić information content (AvgIpc) is 2.92. The van der Waals surface area contributed by atoms with Crippen LogP contribution in [-0.4, -0.2) is 49.4 Å². The molecule has 1 N–H and O–H groups in total. The standard InChI is InChI=1S/C11H13N3O6S/c1-4-20-10(17)8(15)13-11-12-6(5-21-11)7(14-19-3)9(16)18-2/h5H,4H2,1-3H3,(H,12,13,15). The molecule has 0 fully saturated rings. The van der Waals surface area contributed by atoms with Gasteiger partial charge in [0, 0.05) is 5.38 Å². The molecule has 0 atom stereocenters. The van der Waals surface area contributed by atoms with E-state index >= 15 is 0 Å². The molecule has 1 amide bonds. The number of nitrogens with one attached hydrogen (secondary N) is 1. The highest BCUT2D eigenvalue weighted by Gasteiger charge is 2.21. The number of carbonyl (C=O) groups is 3. The van der Waals surface area contributed by atoms with Gasteiger partial charge in [-0.1, -0.05) is 5.16 Å². The summed E-state index contributed by atoms with van der Waals surface area (Å²) in [5.41, 5.74) is -0.0132. The summed E-state index contributed by atoms with van der Waals surface area (Å²) < 4.78 is 9.07. The van der Waals surface area contributed by atoms with Gasteiger partial charge in [0.1, 0.15) is 12.8 Å². The van der Waals surface area contributed by atoms with Gasteiger partial charge in [-0.15, -0.1) is 11.3 Å². The smallest absolute Gasteiger partial charge is 0.397 e. The second-order valence-electron chi connectivity index (χ2n) is 3.33. The fourth-order valence-electron chi connectivity index (χ4n) is 1.16. The number of esters is 2. The molecule has 0 spiro atoms. The number of hydrogen-bond donors (Lipinski definition) is 1. The van der Waals surface area contributed by atoms with E-state index in [1.54, 1.807) is 6.92 Å². The Bertz CT molecular complexity index is 568. The van der Waals surface area contributed by atoms with Crippen molar-refractivity contribution < 1.29 is 28.7 Å². The van der Waals surface area contributed by atoms with E-state index in [4.69, 9.17) is 0 Å². The third-order valence-electron chi connectivity index (χ3n) is 1.99. The summed E-state index contributed by atoms with van der Waals surface area (Å²) >= 11 is 1.00. The largest absolute Gasteiger partial charge is 0.464 e. The lowest BCUT2D eigenvalue weighted by Gasteiger charge is -2.01. The van der Waals surface area contributed by atoms with Crippen LogP contribution in [0.3, 0.4) is 0 Å². The van der Waals surface area contributed by atoms with Crippen LogP contribution in [0.4, 0.5) is 5.13 Å². The molecule has 10 heteroatoms. The van der Waals surface area contributed by atoms with E-state index < -0.39 is 17.8 Å². The van der Waals surface area contributed by atoms with Crippen LogP contribution in [0.2, 0.25) is 0 Å². The molecular weight excluding hydrogens is 302 g/mol. The number of nitrogens with zero attached hydrogens (tertiary/aromatic N) is 2. The molecule has 0 bridgehead atoms. The van der Waals surface area contributed by atoms with Crippen molar-refractivity contribution in [3.63, 3.8) is 0 Å². The maximum absolute atomic E-state index is 11.5. The third kappa shape index (κ3) is 4.53. The van der Waals surface area contributed by atoms with Crippen LogP contribution >= 0.6 is 11.3 Å². The van der Waals surface area contributed by atoms with E-state index in [1.165, 1.54) is 19.6 Å². The first-order chi connectivity index (χ1) is 10.0. The van der Waals surface area contributed by atoms with Crippen molar-refractivity contribution in [1.29, 1.82) is 0 Å². The second kappa shape index (κ2) is 7.94. The van der Waals surface area contributed by atoms with Gasteiger partial charge < -0.3 is 14.3 Å². The molecule has 0 unspecified atom stereocenters. The summed E-state index contributed by atoms with van der Waals surface area (Å²) in [6.45, 7) is 1.67. The van der Waals surface area contributed by atoms with Gasteiger partial charge in [0.05, 0.1) is 13.7 Å². The minimum absolute atomic E-state index is 0.0857. The van der Waals surface area contributed by atoms with E-state index in [0.717, 1.165) is 11.3 Å². The summed E-state index contributed by atoms with van der Waals surface area (Å²) in [4.78, 5) is 42.6. The number of anilines is 1. The zero-order valence-corrected chi connectivity index (χ0v) is 12.4. The monoisotopic (exact) mass is 315 g/mol. The number of aromatic nitrogens is 1. The summed E-state index contributed by atoms with van der Waals surface area (Å²) in [5, 5.41) is 7.31. The predicted molar refractivity (Wildman–Crippen MR) is 72.9 cm³/mol. The molecule has 0 aromatic carbocycles. The molecule has 114 valence electrons. The number of carbonyl (C=O) groups excluding carboxylic acids is 3. The predicted octanol–water partition coefficient (Wildman–Crippen LogP) is 0.168. The lowest BCUT2D eigenvalue weighted by atomic mass is 10.3. The maximum atomic E-state index is 11.5. The normalized spacial score (nSPS) is 10.7. The summed E-state index contributed by atoms with van der Waals surface area (Å²) in [7, 11) is 2.45. The maximum Gasteiger partial charge on any atom is 0.397 e. The van der Waals surface area contributed by atoms with Gasteiger partial charge in [0.25, 0.3) is 0 Å². The van der Waals surface area contributed by atoms with Crippen molar-refractivity contribution in [2.45, 2.75) is 6.92 Å². The van der Waals surface area contributed by atoms with Crippen LogP contribution < -0.4 is 5.32 Å². The van der Waals surface area contributed by atoms with Crippen molar-refractivity contribution in [1.82, 2.24) is 4.98 Å². The van der Waals surface area contributed by atoms with Crippen LogP contribution in [0.5, 0.6) is 0 Å². The van der Waals surface area contributed by atoms with Crippen LogP contribution in [0.1, 0.15) is 12.6 Å². The molecular formula is C11H13N3O6S. The quantitative estimate of drug-likeness (QED) is 0.356. The van der Waals surface area contributed by atoms with Crippen LogP contribution in [0.25, 0.3) is 0 Å². The molecule has 0 saturated carbocycles. The number of methoxy groups -OCH3 is 1. The molecule has 0 saturated heterocycles. The summed E-state index contributed by atoms with van der Waals surface area (Å²) in [6.07, 6.45) is 0. The Kier molecular flexibility index (Phi) is 6.27. The first-order valence-electron chi connectivity index (χ1n) is 5.66. The Morgan fingerprint density at radius 3 is 2.62 bits per heavy atom. The van der Waals surface area contributed by atoms with E-state index in [0.29, 0.717) is 0 Å². The van der Waals surface area contributed by atoms with Crippen molar-refractivity contribution in [3.8, 4) is 0 Å². The Balaban J connectivity index is 2.85. The number of hydrogen-bond acceptors (Lipinski definition) is 9. The molecule has 0 aliphatic heterocycles. The van der Waals surface area contributed by atoms with Gasteiger partial charge in [-0.2, -0.15) is 0 Å². The molecule has 0 radical (unpaired) electrons. The molecule has 0 aliphatic rings. The molecule has 9 nitrogen and oxygen atoms in total. The van der Waals surface area contributed by atoms with E-state index in [1.807, 2.05) is 0 Å². The van der Waals surface area contributed by atoms with Crippen LogP contribution in [-0.2, 0) is 28.7 Å². The van der Waals surface area contributed by atoms with E-state index in [-0.39, 0.29) is 23.1 Å². The van der Waals surface area contributed by atoms with Gasteiger partial charge in [-0.05, 0) is 6.92 Å². The van der Waals surface area contributed by atoms with Gasteiger partial charge >= 0.3 is 17.8 Å². The lowest BCUT2D eigenvalue weighted by Crippen LogP contribution is -2.25. The Morgan fingerprint density at radius 2 is 2.05 bits per heavy atom. The molecule has 1 aromatic heterocycles. The van der Waals surface area contributed by atoms with E-state index in [9.17, 15) is 14.4 Å². The topological polar surface area (TPSA) is 116 Å². The van der Waals surface area contributed by atoms with Crippen LogP contribution in [0.15, 0.2) is 10.5 Å². The van der Waals surface area contributed by atoms with Gasteiger partial charge in [-0.25, -0.2) is 14.6 Å². The Labute approximate surface area is 123 Å². The zero-order valence-electron chi connectivity index (χ0n) is 11.5. The number of oxime groups is 1. The summed E-state index contributed by atoms with van der Waals surface area (Å²) in [6, 6.07) is 0. The van der Waals surface area contributed by atoms with Crippen molar-refractivity contribution >= 4 is 40.0 Å². The molecule has 0 aliphatic carbocycles. The molecule has 21 heavy (non-hydrogen) atoms. The SMILES string of the molecule is CCOC(=O)C(=O)Nc1nc(C(=NOC)C(=O)OC)cs1. The minimum Gasteiger partial charge on any atom is -0.464 e. The minimum atomic E-state index is -1.02. The highest BCUT2D eigenvalue weighted by atomic mass is 32.1. The zero-order chi connectivity index (χ0) is 15.8. The number of thiazole rings is 1. The molecule has 1 aromatic rings. The third-order valence-corrected chi connectivity index (χ3v) is 2.75. The second-order valence-corrected chi connectivity index (χ2v) is 4.18. The van der Waals surface area contributed by atoms with Crippen molar-refractivity contribution in [2.24, 2.45) is 5.16 Å². The number of rotatable bonds is 5. The average molecular weight is 315 g/mol. The highest BCUT2D eigenvalue weighted by molar-refractivity contribution is 7.14. The Morgan fingerprint density at radius 1 is 1.33 bits per heavy atom. The fourth-order valence-corrected chi connectivity index (χ4v) is 1.85. The van der Waals surface area contributed by atoms with Gasteiger partial charge in [0.15, 0.2) is 5.13 Å². The van der Waals surface area contributed by atoms with Crippen LogP contribution in [0, 0.1) is 0 Å². The van der Waals surface area contributed by atoms with E-state index in [2.05, 4.69) is 29.8 Å². The fraction of sp³-hybridized carbons (Fsp3) is 0.364.